The number of aliphatic hydroxyl groups is 1. The number of primary amides is 1. The molecule has 6 rings (SSSR count). The monoisotopic (exact) mass is 1970 g/mol. The summed E-state index contributed by atoms with van der Waals surface area (Å²) in [4.78, 5) is 233. The van der Waals surface area contributed by atoms with E-state index < -0.39 is 211 Å². The maximum Gasteiger partial charge on any atom is 0.246 e. The largest absolute Gasteiger partial charge is 0.508 e. The van der Waals surface area contributed by atoms with Crippen molar-refractivity contribution in [2.75, 3.05) is 45.9 Å². The first-order chi connectivity index (χ1) is 67.3. The molecule has 43 heteroatoms. The van der Waals surface area contributed by atoms with Gasteiger partial charge in [0.05, 0.1) is 19.7 Å². The highest BCUT2D eigenvalue weighted by Crippen LogP contribution is 2.26. The van der Waals surface area contributed by atoms with E-state index in [-0.39, 0.29) is 115 Å². The van der Waals surface area contributed by atoms with Gasteiger partial charge in [-0.2, -0.15) is 0 Å². The number of likely N-dealkylation sites (tertiary alicyclic amines) is 1. The van der Waals surface area contributed by atoms with Gasteiger partial charge in [0.15, 0.2) is 11.9 Å². The van der Waals surface area contributed by atoms with E-state index in [9.17, 15) is 82.1 Å². The van der Waals surface area contributed by atoms with Crippen molar-refractivity contribution in [1.29, 1.82) is 10.8 Å². The van der Waals surface area contributed by atoms with Crippen LogP contribution in [0.3, 0.4) is 0 Å². The van der Waals surface area contributed by atoms with Crippen LogP contribution in [-0.4, -0.2) is 256 Å². The molecule has 141 heavy (non-hydrogen) atoms. The van der Waals surface area contributed by atoms with Crippen LogP contribution >= 0.6 is 0 Å². The molecular formula is C98H153N25O18. The zero-order chi connectivity index (χ0) is 104. The van der Waals surface area contributed by atoms with Crippen molar-refractivity contribution in [2.45, 2.75) is 314 Å². The predicted octanol–water partition coefficient (Wildman–Crippen LogP) is 1.19. The predicted molar refractivity (Wildman–Crippen MR) is 533 cm³/mol. The van der Waals surface area contributed by atoms with Crippen LogP contribution in [0.1, 0.15) is 233 Å². The molecule has 0 bridgehead atoms. The van der Waals surface area contributed by atoms with Crippen molar-refractivity contribution >= 4 is 128 Å². The van der Waals surface area contributed by atoms with Gasteiger partial charge in [-0.25, -0.2) is 0 Å². The number of unbranched alkanes of at least 4 members (excludes halogenated alkanes) is 15. The van der Waals surface area contributed by atoms with Crippen molar-refractivity contribution in [3.05, 3.63) is 102 Å². The lowest BCUT2D eigenvalue weighted by molar-refractivity contribution is -0.143. The van der Waals surface area contributed by atoms with Gasteiger partial charge in [0.1, 0.15) is 84.3 Å². The second kappa shape index (κ2) is 61.9. The van der Waals surface area contributed by atoms with E-state index in [2.05, 4.69) is 102 Å². The van der Waals surface area contributed by atoms with Gasteiger partial charge in [-0.1, -0.05) is 173 Å². The average Bonchev–Trinajstić information content (AvgIpc) is 1.71. The van der Waals surface area contributed by atoms with E-state index in [1.54, 1.807) is 64.4 Å². The number of phenols is 1. The Kier molecular flexibility index (Phi) is 51.0. The summed E-state index contributed by atoms with van der Waals surface area (Å²) in [5.74, 6) is -15.2. The van der Waals surface area contributed by atoms with Gasteiger partial charge in [0.2, 0.25) is 94.5 Å². The van der Waals surface area contributed by atoms with E-state index in [1.165, 1.54) is 114 Å². The summed E-state index contributed by atoms with van der Waals surface area (Å²) in [6.45, 7) is 10.8. The van der Waals surface area contributed by atoms with Gasteiger partial charge < -0.3 is 133 Å². The lowest BCUT2D eigenvalue weighted by Gasteiger charge is -2.32. The highest BCUT2D eigenvalue weighted by Gasteiger charge is 2.42. The van der Waals surface area contributed by atoms with Gasteiger partial charge in [-0.05, 0) is 144 Å². The molecule has 0 saturated carbocycles. The topological polar surface area (TPSA) is 693 Å². The summed E-state index contributed by atoms with van der Waals surface area (Å²) in [5.41, 5.74) is 25.5. The van der Waals surface area contributed by atoms with Gasteiger partial charge in [0.25, 0.3) is 0 Å². The minimum absolute atomic E-state index is 0.00484. The van der Waals surface area contributed by atoms with Crippen LogP contribution in [0.25, 0.3) is 21.8 Å². The minimum Gasteiger partial charge on any atom is -0.508 e. The molecule has 3 heterocycles. The first-order valence-corrected chi connectivity index (χ1v) is 49.4. The quantitative estimate of drug-likeness (QED) is 0.0148. The molecule has 1 aliphatic rings. The molecule has 2 aromatic heterocycles. The average molecular weight is 1970 g/mol. The molecule has 5 aromatic rings. The molecule has 0 aliphatic carbocycles. The van der Waals surface area contributed by atoms with Crippen molar-refractivity contribution in [3.8, 4) is 5.75 Å². The Morgan fingerprint density at radius 3 is 1.33 bits per heavy atom. The molecule has 13 atom stereocenters. The molecule has 1 saturated heterocycles. The first kappa shape index (κ1) is 116. The number of carbonyl (C=O) groups excluding carboxylic acids is 16. The van der Waals surface area contributed by atoms with E-state index in [0.29, 0.717) is 40.4 Å². The highest BCUT2D eigenvalue weighted by molar-refractivity contribution is 6.01. The number of aromatic nitrogens is 2. The summed E-state index contributed by atoms with van der Waals surface area (Å²) in [6.07, 6.45) is 21.5. The normalized spacial score (nSPS) is 14.9. The van der Waals surface area contributed by atoms with Gasteiger partial charge >= 0.3 is 0 Å². The van der Waals surface area contributed by atoms with Crippen LogP contribution in [0.2, 0.25) is 0 Å². The smallest absolute Gasteiger partial charge is 0.246 e. The number of rotatable bonds is 66. The Labute approximate surface area is 824 Å². The lowest BCUT2D eigenvalue weighted by Crippen LogP contribution is -2.61. The number of aliphatic hydroxyl groups excluding tert-OH is 1. The molecule has 30 N–H and O–H groups in total. The van der Waals surface area contributed by atoms with E-state index in [1.807, 2.05) is 24.3 Å². The lowest BCUT2D eigenvalue weighted by atomic mass is 10.00. The number of guanidine groups is 2. The Bertz CT molecular complexity index is 4950. The molecule has 43 nitrogen and oxygen atoms in total. The molecule has 1 aliphatic heterocycles. The zero-order valence-corrected chi connectivity index (χ0v) is 82.7. The van der Waals surface area contributed by atoms with Crippen LogP contribution < -0.4 is 108 Å². The Morgan fingerprint density at radius 1 is 0.411 bits per heavy atom. The molecule has 0 unspecified atom stereocenters. The second-order valence-corrected chi connectivity index (χ2v) is 36.9. The zero-order valence-electron chi connectivity index (χ0n) is 82.7. The van der Waals surface area contributed by atoms with Gasteiger partial charge in [0, 0.05) is 79.5 Å². The fraction of sp³-hybridized carbons (Fsp3) is 0.592. The van der Waals surface area contributed by atoms with Crippen LogP contribution in [0.4, 0.5) is 0 Å². The fourth-order valence-electron chi connectivity index (χ4n) is 16.4. The maximum absolute atomic E-state index is 15.1. The number of para-hydroxylation sites is 2. The number of fused-ring (bicyclic) bond motifs is 2. The fourth-order valence-corrected chi connectivity index (χ4v) is 16.4. The van der Waals surface area contributed by atoms with Crippen LogP contribution in [0.5, 0.6) is 5.75 Å². The second-order valence-electron chi connectivity index (χ2n) is 36.9. The van der Waals surface area contributed by atoms with Crippen LogP contribution in [-0.2, 0) is 96.0 Å². The van der Waals surface area contributed by atoms with E-state index >= 15 is 4.79 Å². The van der Waals surface area contributed by atoms with Crippen LogP contribution in [0, 0.1) is 22.7 Å². The third kappa shape index (κ3) is 41.1. The summed E-state index contributed by atoms with van der Waals surface area (Å²) in [6, 6.07) is 2.21. The molecule has 0 spiro atoms. The standard InChI is InChI=1S/C98H153N25O18/c1-9-10-11-12-13-14-15-16-17-18-19-20-21-22-23-41-80(127)111-60(6)86(131)121-82(58(2)3)95(140)113-62(8)85(130)120-77(57-124)93(138)122-83(59(4)5)96(141)123-49-32-40-78(123)94(139)116-73(39-31-48-106-98(103)104)89(134)112-61(7)84(129)115-71(38-30-47-105-97(101)102)87(132)110-56-81(128)114-72(37-28-29-46-99)90(135)117-74(50-63-42-44-66(125)45-43-63)91(136)119-76(52-65-54-108-70-36-27-25-34-68(65)70)92(137)118-75(88(133)109-55-79(100)126)51-64-53-107-69-35-26-24-33-67(64)69/h24-27,33-36,42-45,53-54,58-62,71-78,82-83,107-108,124-125H,9-23,28-32,37-41,46-52,55-57,99H2,1-8H3,(H2,100,126)(H,109,133)(H,110,132)(H,111,127)(H,112,134)(H,113,140)(H,114,128)(H,115,129)(H,116,139)(H,117,135)(H,118,137)(H,119,136)(H,120,130)(H,121,131)(H,122,138)(H4,101,102,105)(H4,103,104,106)/t60-,61-,62-,71-,72-,73-,74-,75-,76-,77-,78-,82-,83-/m0/s1. The number of nitrogens with one attached hydrogen (secondary N) is 20. The maximum atomic E-state index is 15.1. The van der Waals surface area contributed by atoms with Crippen molar-refractivity contribution in [2.24, 2.45) is 34.8 Å². The third-order valence-electron chi connectivity index (χ3n) is 24.6. The molecule has 0 radical (unpaired) electrons. The number of aromatic amines is 2. The molecule has 3 aromatic carbocycles. The third-order valence-corrected chi connectivity index (χ3v) is 24.6. The van der Waals surface area contributed by atoms with E-state index in [0.717, 1.165) is 36.6 Å². The number of benzene rings is 3. The summed E-state index contributed by atoms with van der Waals surface area (Å²) >= 11 is 0. The van der Waals surface area contributed by atoms with Crippen molar-refractivity contribution < 1.29 is 86.9 Å². The Morgan fingerprint density at radius 2 is 0.823 bits per heavy atom. The number of aromatic hydroxyl groups is 1. The Balaban J connectivity index is 1.08. The number of hydrogen-bond donors (Lipinski definition) is 26. The number of amides is 16. The summed E-state index contributed by atoms with van der Waals surface area (Å²) in [5, 5.41) is 79.5. The minimum atomic E-state index is -1.68. The number of phenolic OH excluding ortho intramolecular Hbond substituents is 1. The number of H-pyrrole nitrogens is 2. The Hall–Kier alpha value is -13.5. The number of hydrogen-bond acceptors (Lipinski definition) is 21. The van der Waals surface area contributed by atoms with Gasteiger partial charge in [-0.15, -0.1) is 0 Å². The first-order valence-electron chi connectivity index (χ1n) is 49.4. The summed E-state index contributed by atoms with van der Waals surface area (Å²) < 4.78 is 0. The van der Waals surface area contributed by atoms with Crippen LogP contribution in [0.15, 0.2) is 85.2 Å². The van der Waals surface area contributed by atoms with Gasteiger partial charge in [-0.3, -0.25) is 87.5 Å². The van der Waals surface area contributed by atoms with E-state index in [4.69, 9.17) is 33.8 Å². The number of carbonyl (C=O) groups is 16. The van der Waals surface area contributed by atoms with Crippen molar-refractivity contribution in [3.63, 3.8) is 0 Å². The molecular weight excluding hydrogens is 1820 g/mol. The van der Waals surface area contributed by atoms with Crippen molar-refractivity contribution in [1.82, 2.24) is 99.9 Å². The number of nitrogens with two attached hydrogens (primary N) is 4. The highest BCUT2D eigenvalue weighted by atomic mass is 16.3. The molecule has 16 amide bonds. The number of nitrogens with zero attached hydrogens (tertiary/aromatic N) is 1. The summed E-state index contributed by atoms with van der Waals surface area (Å²) in [7, 11) is 0. The molecule has 778 valence electrons. The SMILES string of the molecule is CCCCCCCCCCCCCCCCCC(=O)N[C@@H](C)C(=O)N[C@H](C(=O)N[C@@H](C)C(=O)N[C@@H](CO)C(=O)N[C@H](C(=O)N1CCC[C@H]1C(=O)N[C@@H](CCCNC(=N)N)C(=O)N[C@@H](C)C(=O)N[C@@H](CCCNC(=N)N)C(=O)NCC(=O)N[C@@H](CCCCN)C(=O)N[C@@H](Cc1ccc(O)cc1)C(=O)N[C@@H](Cc1c[nH]c2ccccc12)C(=O)N[C@@H](Cc1c[nH]c2ccccc12)C(=O)NCC(N)=O)C(C)C)C(C)C. The molecule has 1 fully saturated rings.